The largest absolute Gasteiger partial charge is 0.491 e. The fourth-order valence-electron chi connectivity index (χ4n) is 4.38. The van der Waals surface area contributed by atoms with Gasteiger partial charge in [0, 0.05) is 23.7 Å². The summed E-state index contributed by atoms with van der Waals surface area (Å²) < 4.78 is 20.2. The number of nitrogens with zero attached hydrogens (tertiary/aromatic N) is 1. The van der Waals surface area contributed by atoms with Gasteiger partial charge in [0.25, 0.3) is 11.8 Å². The molecule has 0 saturated heterocycles. The summed E-state index contributed by atoms with van der Waals surface area (Å²) in [5, 5.41) is 6.26. The van der Waals surface area contributed by atoms with Crippen LogP contribution in [-0.4, -0.2) is 54.9 Å². The summed E-state index contributed by atoms with van der Waals surface area (Å²) in [5.74, 6) is -1.24. The van der Waals surface area contributed by atoms with Crippen LogP contribution >= 0.6 is 11.6 Å². The third-order valence-corrected chi connectivity index (χ3v) is 6.73. The molecular weight excluding hydrogens is 521 g/mol. The van der Waals surface area contributed by atoms with Gasteiger partial charge in [0.05, 0.1) is 18.2 Å². The topological polar surface area (TPSA) is 87.7 Å². The molecule has 0 saturated carbocycles. The van der Waals surface area contributed by atoms with E-state index in [9.17, 15) is 18.8 Å². The summed E-state index contributed by atoms with van der Waals surface area (Å²) in [4.78, 5) is 40.8. The van der Waals surface area contributed by atoms with Crippen LogP contribution in [0.3, 0.4) is 0 Å². The molecule has 0 fully saturated rings. The van der Waals surface area contributed by atoms with Gasteiger partial charge in [-0.3, -0.25) is 14.4 Å². The molecule has 7 nitrogen and oxygen atoms in total. The van der Waals surface area contributed by atoms with E-state index in [1.807, 2.05) is 30.3 Å². The molecule has 0 radical (unpaired) electrons. The number of halogens is 2. The molecule has 1 atom stereocenters. The lowest BCUT2D eigenvalue weighted by molar-refractivity contribution is -0.122. The zero-order valence-corrected chi connectivity index (χ0v) is 22.5. The Balaban J connectivity index is 1.59. The highest BCUT2D eigenvalue weighted by molar-refractivity contribution is 6.31. The van der Waals surface area contributed by atoms with Crippen LogP contribution in [0.15, 0.2) is 66.7 Å². The molecule has 4 rings (SSSR count). The predicted molar refractivity (Wildman–Crippen MR) is 148 cm³/mol. The molecular formula is C30H31ClFN3O4. The number of hydrogen-bond acceptors (Lipinski definition) is 4. The first-order valence-electron chi connectivity index (χ1n) is 12.9. The predicted octanol–water partition coefficient (Wildman–Crippen LogP) is 4.56. The number of carbonyl (C=O) groups is 3. The Morgan fingerprint density at radius 2 is 1.87 bits per heavy atom. The maximum atomic E-state index is 14.2. The summed E-state index contributed by atoms with van der Waals surface area (Å²) in [6.07, 6.45) is 1.56. The SMILES string of the molecule is Cc1ccc(C(=O)N2CCCCNC(=O)c3cc(Cl)ccc3OC[C@H](Cc3ccccc3)NC(=O)C2)cc1F. The van der Waals surface area contributed by atoms with Crippen LogP contribution in [0.2, 0.25) is 5.02 Å². The Kier molecular flexibility index (Phi) is 9.54. The summed E-state index contributed by atoms with van der Waals surface area (Å²) in [7, 11) is 0. The highest BCUT2D eigenvalue weighted by Gasteiger charge is 2.23. The van der Waals surface area contributed by atoms with Crippen molar-refractivity contribution >= 4 is 29.3 Å². The van der Waals surface area contributed by atoms with Crippen molar-refractivity contribution in [2.24, 2.45) is 0 Å². The number of ether oxygens (including phenoxy) is 1. The molecule has 1 heterocycles. The first kappa shape index (κ1) is 28.1. The monoisotopic (exact) mass is 551 g/mol. The van der Waals surface area contributed by atoms with E-state index < -0.39 is 17.8 Å². The second-order valence-electron chi connectivity index (χ2n) is 9.56. The van der Waals surface area contributed by atoms with Crippen molar-refractivity contribution in [3.8, 4) is 5.75 Å². The Bertz CT molecular complexity index is 1340. The van der Waals surface area contributed by atoms with Gasteiger partial charge in [0.2, 0.25) is 5.91 Å². The quantitative estimate of drug-likeness (QED) is 0.499. The van der Waals surface area contributed by atoms with Gasteiger partial charge in [0.1, 0.15) is 18.2 Å². The third-order valence-electron chi connectivity index (χ3n) is 6.50. The number of benzene rings is 3. The maximum Gasteiger partial charge on any atom is 0.255 e. The highest BCUT2D eigenvalue weighted by Crippen LogP contribution is 2.24. The Morgan fingerprint density at radius 3 is 2.64 bits per heavy atom. The van der Waals surface area contributed by atoms with E-state index >= 15 is 0 Å². The molecule has 204 valence electrons. The Hall–Kier alpha value is -3.91. The molecule has 0 bridgehead atoms. The molecule has 39 heavy (non-hydrogen) atoms. The van der Waals surface area contributed by atoms with Crippen LogP contribution in [0, 0.1) is 12.7 Å². The van der Waals surface area contributed by atoms with Crippen molar-refractivity contribution in [2.45, 2.75) is 32.2 Å². The minimum Gasteiger partial charge on any atom is -0.491 e. The lowest BCUT2D eigenvalue weighted by Crippen LogP contribution is -2.47. The number of carbonyl (C=O) groups excluding carboxylic acids is 3. The molecule has 1 aliphatic rings. The molecule has 3 amide bonds. The zero-order valence-electron chi connectivity index (χ0n) is 21.7. The van der Waals surface area contributed by atoms with Crippen molar-refractivity contribution in [1.29, 1.82) is 0 Å². The van der Waals surface area contributed by atoms with E-state index in [0.717, 1.165) is 5.56 Å². The number of aryl methyl sites for hydroxylation is 1. The lowest BCUT2D eigenvalue weighted by Gasteiger charge is -2.25. The molecule has 9 heteroatoms. The van der Waals surface area contributed by atoms with Crippen molar-refractivity contribution in [3.63, 3.8) is 0 Å². The average Bonchev–Trinajstić information content (AvgIpc) is 2.92. The van der Waals surface area contributed by atoms with Crippen molar-refractivity contribution in [3.05, 3.63) is 99.8 Å². The second kappa shape index (κ2) is 13.2. The zero-order chi connectivity index (χ0) is 27.8. The summed E-state index contributed by atoms with van der Waals surface area (Å²) in [6.45, 7) is 2.13. The standard InChI is InChI=1S/C30H31ClFN3O4/c1-20-9-10-22(16-26(20)32)30(38)35-14-6-5-13-33-29(37)25-17-23(31)11-12-27(25)39-19-24(34-28(36)18-35)15-21-7-3-2-4-8-21/h2-4,7-12,16-17,24H,5-6,13-15,18-19H2,1H3,(H,33,37)(H,34,36)/t24-/m0/s1. The molecule has 0 spiro atoms. The van der Waals surface area contributed by atoms with Crippen LogP contribution in [0.5, 0.6) is 5.75 Å². The number of fused-ring (bicyclic) bond motifs is 1. The van der Waals surface area contributed by atoms with Crippen LogP contribution in [0.25, 0.3) is 0 Å². The first-order chi connectivity index (χ1) is 18.8. The van der Waals surface area contributed by atoms with E-state index in [2.05, 4.69) is 10.6 Å². The number of rotatable bonds is 3. The first-order valence-corrected chi connectivity index (χ1v) is 13.3. The van der Waals surface area contributed by atoms with Crippen LogP contribution in [-0.2, 0) is 11.2 Å². The summed E-state index contributed by atoms with van der Waals surface area (Å²) >= 11 is 6.15. The average molecular weight is 552 g/mol. The van der Waals surface area contributed by atoms with Gasteiger partial charge in [-0.2, -0.15) is 0 Å². The van der Waals surface area contributed by atoms with E-state index in [1.165, 1.54) is 11.0 Å². The van der Waals surface area contributed by atoms with E-state index in [1.54, 1.807) is 37.3 Å². The summed E-state index contributed by atoms with van der Waals surface area (Å²) in [5.41, 5.74) is 1.90. The van der Waals surface area contributed by atoms with Gasteiger partial charge >= 0.3 is 0 Å². The van der Waals surface area contributed by atoms with Gasteiger partial charge in [-0.1, -0.05) is 48.0 Å². The molecule has 3 aromatic carbocycles. The van der Waals surface area contributed by atoms with Gasteiger partial charge in [-0.25, -0.2) is 4.39 Å². The molecule has 0 aromatic heterocycles. The number of nitrogens with one attached hydrogen (secondary N) is 2. The van der Waals surface area contributed by atoms with Crippen molar-refractivity contribution < 1.29 is 23.5 Å². The number of hydrogen-bond donors (Lipinski definition) is 2. The van der Waals surface area contributed by atoms with E-state index in [-0.39, 0.29) is 37.1 Å². The Labute approximate surface area is 232 Å². The summed E-state index contributed by atoms with van der Waals surface area (Å²) in [6, 6.07) is 18.3. The van der Waals surface area contributed by atoms with Gasteiger partial charge in [-0.15, -0.1) is 0 Å². The van der Waals surface area contributed by atoms with Crippen LogP contribution in [0.4, 0.5) is 4.39 Å². The third kappa shape index (κ3) is 7.80. The molecule has 2 N–H and O–H groups in total. The Morgan fingerprint density at radius 1 is 1.08 bits per heavy atom. The fourth-order valence-corrected chi connectivity index (χ4v) is 4.55. The van der Waals surface area contributed by atoms with E-state index in [4.69, 9.17) is 16.3 Å². The maximum absolute atomic E-state index is 14.2. The number of amides is 3. The van der Waals surface area contributed by atoms with Crippen LogP contribution < -0.4 is 15.4 Å². The smallest absolute Gasteiger partial charge is 0.255 e. The molecule has 1 aliphatic heterocycles. The molecule has 3 aromatic rings. The van der Waals surface area contributed by atoms with E-state index in [0.29, 0.717) is 47.7 Å². The minimum absolute atomic E-state index is 0.0830. The minimum atomic E-state index is -0.480. The lowest BCUT2D eigenvalue weighted by atomic mass is 10.1. The highest BCUT2D eigenvalue weighted by atomic mass is 35.5. The normalized spacial score (nSPS) is 17.1. The van der Waals surface area contributed by atoms with Crippen molar-refractivity contribution in [1.82, 2.24) is 15.5 Å². The van der Waals surface area contributed by atoms with Gasteiger partial charge in [-0.05, 0) is 67.6 Å². The van der Waals surface area contributed by atoms with Crippen molar-refractivity contribution in [2.75, 3.05) is 26.2 Å². The fraction of sp³-hybridized carbons (Fsp3) is 0.300. The van der Waals surface area contributed by atoms with Gasteiger partial charge in [0.15, 0.2) is 0 Å². The van der Waals surface area contributed by atoms with Crippen LogP contribution in [0.1, 0.15) is 44.7 Å². The molecule has 0 aliphatic carbocycles. The molecule has 0 unspecified atom stereocenters. The second-order valence-corrected chi connectivity index (χ2v) is 10.00. The van der Waals surface area contributed by atoms with Gasteiger partial charge < -0.3 is 20.3 Å².